The molecule has 27 heavy (non-hydrogen) atoms. The van der Waals surface area contributed by atoms with E-state index >= 15 is 0 Å². The first kappa shape index (κ1) is 19.0. The Balaban J connectivity index is 1.59. The number of fused-ring (bicyclic) bond motifs is 1. The van der Waals surface area contributed by atoms with Crippen LogP contribution in [0.1, 0.15) is 49.3 Å². The number of hydrogen-bond acceptors (Lipinski definition) is 3. The van der Waals surface area contributed by atoms with Crippen molar-refractivity contribution in [2.24, 2.45) is 4.99 Å². The number of rotatable bonds is 7. The van der Waals surface area contributed by atoms with Gasteiger partial charge in [-0.1, -0.05) is 37.2 Å². The van der Waals surface area contributed by atoms with Crippen molar-refractivity contribution in [3.8, 4) is 0 Å². The topological polar surface area (TPSA) is 78.2 Å². The number of aromatic amines is 1. The zero-order valence-electron chi connectivity index (χ0n) is 16.6. The molecule has 3 N–H and O–H groups in total. The standard InChI is InChI=1S/C21H29N5O/c1-5-22-21(25-13-17-11-19(14(2)3)26-27-17)23-10-9-16-12-24-20-15(4)7-6-8-18(16)20/h6-8,11-12,14,24H,5,9-10,13H2,1-4H3,(H2,22,23,25). The first-order valence-corrected chi connectivity index (χ1v) is 9.61. The zero-order chi connectivity index (χ0) is 19.2. The van der Waals surface area contributed by atoms with Gasteiger partial charge in [-0.3, -0.25) is 0 Å². The fraction of sp³-hybridized carbons (Fsp3) is 0.429. The molecule has 6 nitrogen and oxygen atoms in total. The molecule has 0 fully saturated rings. The van der Waals surface area contributed by atoms with Crippen LogP contribution in [0.4, 0.5) is 0 Å². The third-order valence-corrected chi connectivity index (χ3v) is 4.60. The molecule has 0 bridgehead atoms. The van der Waals surface area contributed by atoms with Crippen LogP contribution in [-0.2, 0) is 13.0 Å². The summed E-state index contributed by atoms with van der Waals surface area (Å²) in [6.45, 7) is 10.5. The van der Waals surface area contributed by atoms with Gasteiger partial charge in [-0.25, -0.2) is 4.99 Å². The molecular formula is C21H29N5O. The van der Waals surface area contributed by atoms with E-state index in [9.17, 15) is 0 Å². The number of guanidine groups is 1. The highest BCUT2D eigenvalue weighted by Gasteiger charge is 2.08. The number of aryl methyl sites for hydroxylation is 1. The Bertz CT molecular complexity index is 906. The smallest absolute Gasteiger partial charge is 0.191 e. The highest BCUT2D eigenvalue weighted by atomic mass is 16.5. The summed E-state index contributed by atoms with van der Waals surface area (Å²) < 4.78 is 5.36. The van der Waals surface area contributed by atoms with Crippen LogP contribution in [0.3, 0.4) is 0 Å². The molecule has 0 atom stereocenters. The van der Waals surface area contributed by atoms with Crippen LogP contribution >= 0.6 is 0 Å². The minimum absolute atomic E-state index is 0.359. The van der Waals surface area contributed by atoms with Crippen molar-refractivity contribution in [3.05, 3.63) is 53.0 Å². The second kappa shape index (κ2) is 8.75. The van der Waals surface area contributed by atoms with E-state index in [1.807, 2.05) is 6.07 Å². The van der Waals surface area contributed by atoms with E-state index < -0.39 is 0 Å². The van der Waals surface area contributed by atoms with Crippen LogP contribution in [-0.4, -0.2) is 29.2 Å². The van der Waals surface area contributed by atoms with Crippen molar-refractivity contribution in [1.82, 2.24) is 20.8 Å². The molecule has 0 saturated heterocycles. The van der Waals surface area contributed by atoms with Gasteiger partial charge in [-0.05, 0) is 37.3 Å². The summed E-state index contributed by atoms with van der Waals surface area (Å²) in [6, 6.07) is 8.39. The number of hydrogen-bond donors (Lipinski definition) is 3. The average Bonchev–Trinajstić information content (AvgIpc) is 3.28. The van der Waals surface area contributed by atoms with Gasteiger partial charge in [0.25, 0.3) is 0 Å². The maximum atomic E-state index is 5.36. The second-order valence-corrected chi connectivity index (χ2v) is 7.06. The third-order valence-electron chi connectivity index (χ3n) is 4.60. The Labute approximate surface area is 160 Å². The Morgan fingerprint density at radius 1 is 1.30 bits per heavy atom. The van der Waals surface area contributed by atoms with Gasteiger partial charge in [-0.15, -0.1) is 0 Å². The largest absolute Gasteiger partial charge is 0.361 e. The number of nitrogens with zero attached hydrogens (tertiary/aromatic N) is 2. The summed E-state index contributed by atoms with van der Waals surface area (Å²) >= 11 is 0. The Hall–Kier alpha value is -2.76. The third kappa shape index (κ3) is 4.70. The lowest BCUT2D eigenvalue weighted by atomic mass is 10.1. The number of aromatic nitrogens is 2. The van der Waals surface area contributed by atoms with E-state index in [1.165, 1.54) is 22.0 Å². The monoisotopic (exact) mass is 367 g/mol. The van der Waals surface area contributed by atoms with E-state index in [4.69, 9.17) is 4.52 Å². The van der Waals surface area contributed by atoms with Gasteiger partial charge < -0.3 is 20.1 Å². The molecule has 2 heterocycles. The predicted octanol–water partition coefficient (Wildman–Crippen LogP) is 3.89. The van der Waals surface area contributed by atoms with Gasteiger partial charge in [0.1, 0.15) is 6.54 Å². The summed E-state index contributed by atoms with van der Waals surface area (Å²) in [4.78, 5) is 7.99. The molecule has 0 unspecified atom stereocenters. The minimum Gasteiger partial charge on any atom is -0.361 e. The van der Waals surface area contributed by atoms with Gasteiger partial charge in [0.05, 0.1) is 5.69 Å². The number of para-hydroxylation sites is 1. The minimum atomic E-state index is 0.359. The Morgan fingerprint density at radius 3 is 2.89 bits per heavy atom. The first-order valence-electron chi connectivity index (χ1n) is 9.61. The quantitative estimate of drug-likeness (QED) is 0.437. The number of benzene rings is 1. The molecule has 0 radical (unpaired) electrons. The molecule has 3 rings (SSSR count). The Kier molecular flexibility index (Phi) is 6.16. The van der Waals surface area contributed by atoms with E-state index in [0.717, 1.165) is 36.9 Å². The summed E-state index contributed by atoms with van der Waals surface area (Å²) in [5, 5.41) is 12.1. The lowest BCUT2D eigenvalue weighted by Crippen LogP contribution is -2.38. The molecule has 0 aliphatic rings. The second-order valence-electron chi connectivity index (χ2n) is 7.06. The highest BCUT2D eigenvalue weighted by Crippen LogP contribution is 2.21. The van der Waals surface area contributed by atoms with E-state index in [0.29, 0.717) is 12.5 Å². The SMILES string of the molecule is CCNC(=NCc1cc(C(C)C)no1)NCCc1c[nH]c2c(C)cccc12. The number of H-pyrrole nitrogens is 1. The zero-order valence-corrected chi connectivity index (χ0v) is 16.6. The Morgan fingerprint density at radius 2 is 2.15 bits per heavy atom. The van der Waals surface area contributed by atoms with Gasteiger partial charge >= 0.3 is 0 Å². The summed E-state index contributed by atoms with van der Waals surface area (Å²) in [5.41, 5.74) is 4.77. The van der Waals surface area contributed by atoms with Crippen LogP contribution in [0.2, 0.25) is 0 Å². The molecule has 0 spiro atoms. The molecule has 0 aliphatic heterocycles. The van der Waals surface area contributed by atoms with Crippen LogP contribution in [0.5, 0.6) is 0 Å². The normalized spacial score (nSPS) is 12.1. The van der Waals surface area contributed by atoms with Crippen LogP contribution < -0.4 is 10.6 Å². The molecule has 0 saturated carbocycles. The maximum Gasteiger partial charge on any atom is 0.191 e. The average molecular weight is 367 g/mol. The van der Waals surface area contributed by atoms with E-state index in [1.54, 1.807) is 0 Å². The molecule has 0 amide bonds. The first-order chi connectivity index (χ1) is 13.1. The molecule has 2 aromatic heterocycles. The number of nitrogens with one attached hydrogen (secondary N) is 3. The summed E-state index contributed by atoms with van der Waals surface area (Å²) in [7, 11) is 0. The van der Waals surface area contributed by atoms with E-state index in [-0.39, 0.29) is 0 Å². The summed E-state index contributed by atoms with van der Waals surface area (Å²) in [6.07, 6.45) is 3.03. The molecule has 1 aromatic carbocycles. The lowest BCUT2D eigenvalue weighted by Gasteiger charge is -2.10. The van der Waals surface area contributed by atoms with E-state index in [2.05, 4.69) is 77.9 Å². The maximum absolute atomic E-state index is 5.36. The fourth-order valence-corrected chi connectivity index (χ4v) is 3.06. The summed E-state index contributed by atoms with van der Waals surface area (Å²) in [5.74, 6) is 1.93. The highest BCUT2D eigenvalue weighted by molar-refractivity contribution is 5.86. The van der Waals surface area contributed by atoms with Gasteiger partial charge in [0, 0.05) is 36.3 Å². The van der Waals surface area contributed by atoms with Crippen LogP contribution in [0.15, 0.2) is 40.0 Å². The van der Waals surface area contributed by atoms with Crippen molar-refractivity contribution in [1.29, 1.82) is 0 Å². The van der Waals surface area contributed by atoms with Crippen LogP contribution in [0, 0.1) is 6.92 Å². The van der Waals surface area contributed by atoms with Crippen LogP contribution in [0.25, 0.3) is 10.9 Å². The van der Waals surface area contributed by atoms with Crippen molar-refractivity contribution in [3.63, 3.8) is 0 Å². The molecule has 0 aliphatic carbocycles. The van der Waals surface area contributed by atoms with Crippen molar-refractivity contribution in [2.45, 2.75) is 46.6 Å². The van der Waals surface area contributed by atoms with Crippen molar-refractivity contribution >= 4 is 16.9 Å². The van der Waals surface area contributed by atoms with Gasteiger partial charge in [0.2, 0.25) is 0 Å². The van der Waals surface area contributed by atoms with Crippen molar-refractivity contribution < 1.29 is 4.52 Å². The molecular weight excluding hydrogens is 338 g/mol. The predicted molar refractivity (Wildman–Crippen MR) is 110 cm³/mol. The lowest BCUT2D eigenvalue weighted by molar-refractivity contribution is 0.376. The van der Waals surface area contributed by atoms with Gasteiger partial charge in [0.15, 0.2) is 11.7 Å². The molecule has 3 aromatic rings. The fourth-order valence-electron chi connectivity index (χ4n) is 3.06. The molecule has 6 heteroatoms. The van der Waals surface area contributed by atoms with Crippen molar-refractivity contribution in [2.75, 3.05) is 13.1 Å². The number of aliphatic imine (C=N–C) groups is 1. The van der Waals surface area contributed by atoms with Gasteiger partial charge in [-0.2, -0.15) is 0 Å². The molecule has 144 valence electrons.